The van der Waals surface area contributed by atoms with Crippen LogP contribution in [0.5, 0.6) is 0 Å². The van der Waals surface area contributed by atoms with Crippen LogP contribution in [0.1, 0.15) is 30.1 Å². The van der Waals surface area contributed by atoms with E-state index in [-0.39, 0.29) is 34.8 Å². The molecule has 2 amide bonds. The zero-order chi connectivity index (χ0) is 34.5. The van der Waals surface area contributed by atoms with E-state index in [4.69, 9.17) is 21.7 Å². The van der Waals surface area contributed by atoms with Crippen LogP contribution in [0, 0.1) is 5.41 Å². The van der Waals surface area contributed by atoms with Crippen molar-refractivity contribution in [3.05, 3.63) is 63.6 Å². The van der Waals surface area contributed by atoms with E-state index in [0.29, 0.717) is 17.7 Å². The van der Waals surface area contributed by atoms with Gasteiger partial charge in [-0.1, -0.05) is 5.16 Å². The summed E-state index contributed by atoms with van der Waals surface area (Å²) >= 11 is 3.52. The number of aliphatic carboxylic acids is 2. The van der Waals surface area contributed by atoms with Gasteiger partial charge in [0, 0.05) is 33.1 Å². The molecule has 1 fully saturated rings. The summed E-state index contributed by atoms with van der Waals surface area (Å²) in [6.07, 6.45) is 5.51. The molecule has 2 aliphatic heterocycles. The van der Waals surface area contributed by atoms with Gasteiger partial charge in [0.1, 0.15) is 30.0 Å². The van der Waals surface area contributed by atoms with Crippen molar-refractivity contribution in [1.82, 2.24) is 28.8 Å². The maximum atomic E-state index is 13.3. The first-order chi connectivity index (χ1) is 22.7. The number of hydrogen-bond donors (Lipinski definition) is 5. The van der Waals surface area contributed by atoms with Crippen molar-refractivity contribution in [3.63, 3.8) is 0 Å². The number of β-lactam (4-membered cyclic amide) rings is 1. The molecule has 6 heterocycles. The number of nitrogen functional groups attached to an aromatic ring is 2. The van der Waals surface area contributed by atoms with Crippen LogP contribution >= 0.6 is 34.6 Å². The Balaban J connectivity index is 1.20. The van der Waals surface area contributed by atoms with E-state index >= 15 is 0 Å². The first-order valence-corrected chi connectivity index (χ1v) is 16.7. The number of rotatable bonds is 12. The maximum Gasteiger partial charge on any atom is 0.350 e. The Kier molecular flexibility index (Phi) is 8.43. The summed E-state index contributed by atoms with van der Waals surface area (Å²) < 4.78 is 9.60. The Morgan fingerprint density at radius 2 is 2.10 bits per heavy atom. The minimum absolute atomic E-state index is 0.00138. The van der Waals surface area contributed by atoms with Crippen molar-refractivity contribution in [2.45, 2.75) is 44.0 Å². The summed E-state index contributed by atoms with van der Waals surface area (Å²) in [5.74, 6) is -4.55. The number of amidine groups is 1. The molecule has 0 bridgehead atoms. The van der Waals surface area contributed by atoms with Gasteiger partial charge < -0.3 is 36.6 Å². The van der Waals surface area contributed by atoms with E-state index in [0.717, 1.165) is 27.0 Å². The number of nitrogens with zero attached hydrogens (tertiary/aromatic N) is 7. The number of carbonyl (C=O) groups is 4. The average molecular weight is 714 g/mol. The lowest BCUT2D eigenvalue weighted by Gasteiger charge is -2.50. The topological polar surface area (TPSA) is 263 Å². The van der Waals surface area contributed by atoms with Crippen molar-refractivity contribution in [2.24, 2.45) is 10.9 Å². The molecule has 21 heteroatoms. The number of aromatic nitrogens is 5. The molecule has 2 aliphatic rings. The Morgan fingerprint density at radius 1 is 1.33 bits per heavy atom. The summed E-state index contributed by atoms with van der Waals surface area (Å²) in [4.78, 5) is 61.6. The number of amides is 2. The van der Waals surface area contributed by atoms with Gasteiger partial charge in [0.25, 0.3) is 11.8 Å². The molecule has 0 aliphatic carbocycles. The number of imidazole rings is 1. The molecular formula is C27H27N11O7S3. The van der Waals surface area contributed by atoms with Crippen LogP contribution in [0.2, 0.25) is 0 Å². The number of carboxylic acids is 2. The SMILES string of the molecule is CC(C)(O/N=C(\C(=O)N[C@@H]1C(=O)N2C(C(=O)[O-])=C(Cn3ccc4n3cc[n+]4Cc3cc(C(=N)N)cs3)CS[C@H]12)c1nsc(N)n1)C(=O)O. The molecule has 4 aromatic rings. The van der Waals surface area contributed by atoms with Crippen LogP contribution in [0.15, 0.2) is 52.5 Å². The second kappa shape index (κ2) is 12.4. The van der Waals surface area contributed by atoms with Gasteiger partial charge in [-0.2, -0.15) is 9.36 Å². The lowest BCUT2D eigenvalue weighted by atomic mass is 10.0. The highest BCUT2D eigenvalue weighted by atomic mass is 32.2. The normalized spacial score (nSPS) is 18.1. The quantitative estimate of drug-likeness (QED) is 0.0371. The third-order valence-corrected chi connectivity index (χ3v) is 10.3. The number of carbonyl (C=O) groups excluding carboxylic acids is 3. The fourth-order valence-electron chi connectivity index (χ4n) is 4.99. The average Bonchev–Trinajstić information content (AvgIpc) is 3.83. The zero-order valence-corrected chi connectivity index (χ0v) is 27.6. The highest BCUT2D eigenvalue weighted by molar-refractivity contribution is 8.00. The molecule has 6 rings (SSSR count). The van der Waals surface area contributed by atoms with Crippen LogP contribution in [0.25, 0.3) is 5.65 Å². The van der Waals surface area contributed by atoms with Gasteiger partial charge in [-0.3, -0.25) is 19.9 Å². The first kappa shape index (κ1) is 32.7. The highest BCUT2D eigenvalue weighted by Gasteiger charge is 2.53. The van der Waals surface area contributed by atoms with Crippen molar-refractivity contribution in [1.29, 1.82) is 5.41 Å². The number of anilines is 1. The van der Waals surface area contributed by atoms with Crippen LogP contribution < -0.4 is 26.5 Å². The Bertz CT molecular complexity index is 2060. The lowest BCUT2D eigenvalue weighted by molar-refractivity contribution is -0.661. The molecule has 0 unspecified atom stereocenters. The molecular weight excluding hydrogens is 687 g/mol. The number of oxime groups is 1. The zero-order valence-electron chi connectivity index (χ0n) is 25.1. The molecule has 0 aromatic carbocycles. The van der Waals surface area contributed by atoms with Crippen LogP contribution in [0.4, 0.5) is 5.13 Å². The summed E-state index contributed by atoms with van der Waals surface area (Å²) in [6, 6.07) is 2.60. The largest absolute Gasteiger partial charge is 0.543 e. The lowest BCUT2D eigenvalue weighted by Crippen LogP contribution is -2.71. The monoisotopic (exact) mass is 713 g/mol. The molecule has 2 atom stereocenters. The third-order valence-electron chi connectivity index (χ3n) is 7.51. The van der Waals surface area contributed by atoms with Gasteiger partial charge in [0.2, 0.25) is 17.1 Å². The second-order valence-corrected chi connectivity index (χ2v) is 14.0. The minimum Gasteiger partial charge on any atom is -0.543 e. The molecule has 1 saturated heterocycles. The smallest absolute Gasteiger partial charge is 0.350 e. The van der Waals surface area contributed by atoms with E-state index in [9.17, 15) is 29.4 Å². The Labute approximate surface area is 282 Å². The molecule has 48 heavy (non-hydrogen) atoms. The van der Waals surface area contributed by atoms with Crippen molar-refractivity contribution >= 4 is 80.7 Å². The molecule has 4 aromatic heterocycles. The standard InChI is InChI=1S/C27H27N11O7S3/c1-27(2,25(43)44)45-33-16(20-32-26(30)48-34-20)21(39)31-17-22(40)38-18(24(41)42)13(11-47-23(17)38)8-36-4-3-15-35(5-6-37(15)36)9-14-7-12(10-46-14)19(28)29/h3-7,10,17,23H,8-9,11H2,1-2H3,(H7-,28,29,30,31,32,34,39,41,42,43,44)/b33-16-/t17-,23-/m1/s1. The van der Waals surface area contributed by atoms with Crippen LogP contribution in [-0.4, -0.2) is 86.6 Å². The van der Waals surface area contributed by atoms with Gasteiger partial charge in [-0.05, 0) is 25.5 Å². The number of thiophene rings is 1. The highest BCUT2D eigenvalue weighted by Crippen LogP contribution is 2.40. The van der Waals surface area contributed by atoms with E-state index in [1.165, 1.54) is 36.9 Å². The van der Waals surface area contributed by atoms with E-state index in [2.05, 4.69) is 19.8 Å². The Morgan fingerprint density at radius 3 is 2.75 bits per heavy atom. The third kappa shape index (κ3) is 5.97. The summed E-state index contributed by atoms with van der Waals surface area (Å²) in [7, 11) is 0. The molecule has 0 radical (unpaired) electrons. The second-order valence-electron chi connectivity index (χ2n) is 11.2. The predicted molar refractivity (Wildman–Crippen MR) is 171 cm³/mol. The molecule has 0 spiro atoms. The van der Waals surface area contributed by atoms with E-state index < -0.39 is 46.5 Å². The van der Waals surface area contributed by atoms with Gasteiger partial charge in [-0.15, -0.1) is 27.6 Å². The molecule has 0 saturated carbocycles. The first-order valence-electron chi connectivity index (χ1n) is 14.0. The van der Waals surface area contributed by atoms with Crippen LogP contribution in [0.3, 0.4) is 0 Å². The van der Waals surface area contributed by atoms with Crippen LogP contribution in [-0.2, 0) is 37.1 Å². The fourth-order valence-corrected chi connectivity index (χ4v) is 7.64. The van der Waals surface area contributed by atoms with Gasteiger partial charge in [0.05, 0.1) is 30.5 Å². The van der Waals surface area contributed by atoms with E-state index in [1.54, 1.807) is 10.9 Å². The summed E-state index contributed by atoms with van der Waals surface area (Å²) in [6.45, 7) is 3.12. The summed E-state index contributed by atoms with van der Waals surface area (Å²) in [5.41, 5.74) is 10.6. The van der Waals surface area contributed by atoms with Crippen molar-refractivity contribution in [3.8, 4) is 0 Å². The number of thioether (sulfide) groups is 1. The Hall–Kier alpha value is -5.28. The maximum absolute atomic E-state index is 13.3. The van der Waals surface area contributed by atoms with E-state index in [1.807, 2.05) is 39.0 Å². The minimum atomic E-state index is -1.81. The molecule has 250 valence electrons. The van der Waals surface area contributed by atoms with Crippen molar-refractivity contribution in [2.75, 3.05) is 11.5 Å². The summed E-state index contributed by atoms with van der Waals surface area (Å²) in [5, 5.41) is 36.6. The van der Waals surface area contributed by atoms with Gasteiger partial charge in [-0.25, -0.2) is 14.0 Å². The number of nitrogens with one attached hydrogen (secondary N) is 2. The molecule has 7 N–H and O–H groups in total. The fraction of sp³-hybridized carbons (Fsp3) is 0.296. The number of carboxylic acid groups (broad SMARTS) is 2. The van der Waals surface area contributed by atoms with Crippen molar-refractivity contribution < 1.29 is 38.8 Å². The predicted octanol–water partition coefficient (Wildman–Crippen LogP) is -1.46. The van der Waals surface area contributed by atoms with Gasteiger partial charge in [0.15, 0.2) is 11.3 Å². The number of fused-ring (bicyclic) bond motifs is 2. The molecule has 18 nitrogen and oxygen atoms in total. The van der Waals surface area contributed by atoms with Gasteiger partial charge >= 0.3 is 11.6 Å². The number of hydrogen-bond acceptors (Lipinski definition) is 14. The number of nitrogens with two attached hydrogens (primary N) is 2.